The molecular formula is C13H11BrN4OS2. The maximum absolute atomic E-state index is 5.45. The Morgan fingerprint density at radius 1 is 1.33 bits per heavy atom. The predicted molar refractivity (Wildman–Crippen MR) is 91.5 cm³/mol. The lowest BCUT2D eigenvalue weighted by Crippen LogP contribution is -2.03. The van der Waals surface area contributed by atoms with Crippen LogP contribution in [-0.2, 0) is 0 Å². The fourth-order valence-corrected chi connectivity index (χ4v) is 3.18. The Labute approximate surface area is 139 Å². The third kappa shape index (κ3) is 2.66. The second-order valence-electron chi connectivity index (χ2n) is 4.09. The fourth-order valence-electron chi connectivity index (χ4n) is 1.99. The molecule has 1 aromatic carbocycles. The number of thiophene rings is 1. The van der Waals surface area contributed by atoms with E-state index in [2.05, 4.69) is 43.7 Å². The molecule has 0 saturated heterocycles. The largest absolute Gasteiger partial charge is 0.495 e. The van der Waals surface area contributed by atoms with Gasteiger partial charge < -0.3 is 9.46 Å². The minimum absolute atomic E-state index is 0.526. The summed E-state index contributed by atoms with van der Waals surface area (Å²) < 4.78 is 11.0. The molecule has 3 aromatic rings. The third-order valence-electron chi connectivity index (χ3n) is 2.89. The number of nitrogens with zero attached hydrogens (tertiary/aromatic N) is 3. The van der Waals surface area contributed by atoms with Crippen molar-refractivity contribution in [3.63, 3.8) is 0 Å². The van der Waals surface area contributed by atoms with E-state index in [1.54, 1.807) is 18.4 Å². The van der Waals surface area contributed by atoms with Crippen LogP contribution in [0.3, 0.4) is 0 Å². The van der Waals surface area contributed by atoms with Gasteiger partial charge >= 0.3 is 0 Å². The van der Waals surface area contributed by atoms with E-state index in [4.69, 9.17) is 4.74 Å². The van der Waals surface area contributed by atoms with Crippen LogP contribution in [0.25, 0.3) is 16.4 Å². The molecule has 0 unspecified atom stereocenters. The van der Waals surface area contributed by atoms with Gasteiger partial charge in [0.15, 0.2) is 5.82 Å². The molecule has 2 aromatic heterocycles. The lowest BCUT2D eigenvalue weighted by Gasteiger charge is -2.13. The second-order valence-corrected chi connectivity index (χ2v) is 6.17. The van der Waals surface area contributed by atoms with E-state index in [1.807, 2.05) is 40.3 Å². The lowest BCUT2D eigenvalue weighted by molar-refractivity contribution is 0.413. The SMILES string of the molecule is COc1ccc(Br)cc1-n1c(NS)nnc1-c1cccs1. The summed E-state index contributed by atoms with van der Waals surface area (Å²) in [5.74, 6) is 1.98. The highest BCUT2D eigenvalue weighted by Crippen LogP contribution is 2.34. The third-order valence-corrected chi connectivity index (χ3v) is 4.45. The number of rotatable bonds is 4. The van der Waals surface area contributed by atoms with Crippen LogP contribution in [0, 0.1) is 0 Å². The van der Waals surface area contributed by atoms with Gasteiger partial charge in [0.2, 0.25) is 5.95 Å². The predicted octanol–water partition coefficient (Wildman–Crippen LogP) is 4.02. The Morgan fingerprint density at radius 2 is 2.19 bits per heavy atom. The molecule has 0 aliphatic carbocycles. The van der Waals surface area contributed by atoms with Gasteiger partial charge in [0.25, 0.3) is 0 Å². The van der Waals surface area contributed by atoms with Gasteiger partial charge in [0, 0.05) is 4.47 Å². The molecule has 1 N–H and O–H groups in total. The van der Waals surface area contributed by atoms with Gasteiger partial charge in [-0.25, -0.2) is 0 Å². The Kier molecular flexibility index (Phi) is 4.18. The van der Waals surface area contributed by atoms with Crippen molar-refractivity contribution >= 4 is 46.0 Å². The fraction of sp³-hybridized carbons (Fsp3) is 0.0769. The summed E-state index contributed by atoms with van der Waals surface area (Å²) in [6, 6.07) is 9.74. The maximum Gasteiger partial charge on any atom is 0.239 e. The summed E-state index contributed by atoms with van der Waals surface area (Å²) >= 11 is 9.19. The van der Waals surface area contributed by atoms with E-state index in [0.717, 1.165) is 26.6 Å². The molecule has 0 saturated carbocycles. The summed E-state index contributed by atoms with van der Waals surface area (Å²) in [6.45, 7) is 0. The molecule has 108 valence electrons. The van der Waals surface area contributed by atoms with Crippen molar-refractivity contribution in [2.45, 2.75) is 0 Å². The Bertz CT molecular complexity index is 758. The molecule has 0 bridgehead atoms. The van der Waals surface area contributed by atoms with E-state index in [-0.39, 0.29) is 0 Å². The standard InChI is InChI=1S/C13H11BrN4OS2/c1-19-10-5-4-8(14)7-9(10)18-12(11-3-2-6-21-11)15-16-13(18)17-20/h2-7,20H,1H3,(H,16,17). The molecule has 0 amide bonds. The topological polar surface area (TPSA) is 52.0 Å². The van der Waals surface area contributed by atoms with Crippen molar-refractivity contribution in [2.75, 3.05) is 11.8 Å². The van der Waals surface area contributed by atoms with Crippen molar-refractivity contribution in [3.8, 4) is 22.1 Å². The first kappa shape index (κ1) is 14.4. The first-order valence-corrected chi connectivity index (χ1v) is 8.10. The zero-order chi connectivity index (χ0) is 14.8. The number of anilines is 1. The van der Waals surface area contributed by atoms with E-state index in [0.29, 0.717) is 5.95 Å². The van der Waals surface area contributed by atoms with Crippen molar-refractivity contribution in [1.29, 1.82) is 0 Å². The van der Waals surface area contributed by atoms with E-state index >= 15 is 0 Å². The van der Waals surface area contributed by atoms with Crippen molar-refractivity contribution in [1.82, 2.24) is 14.8 Å². The minimum atomic E-state index is 0.526. The van der Waals surface area contributed by atoms with Gasteiger partial charge in [0.05, 0.1) is 17.7 Å². The van der Waals surface area contributed by atoms with Gasteiger partial charge in [-0.05, 0) is 29.6 Å². The summed E-state index contributed by atoms with van der Waals surface area (Å²) in [5.41, 5.74) is 0.830. The van der Waals surface area contributed by atoms with Gasteiger partial charge in [-0.3, -0.25) is 4.57 Å². The lowest BCUT2D eigenvalue weighted by atomic mass is 10.3. The first-order chi connectivity index (χ1) is 10.2. The molecule has 0 spiro atoms. The van der Waals surface area contributed by atoms with E-state index in [9.17, 15) is 0 Å². The molecule has 2 heterocycles. The molecule has 21 heavy (non-hydrogen) atoms. The average molecular weight is 383 g/mol. The summed E-state index contributed by atoms with van der Waals surface area (Å²) in [4.78, 5) is 1.01. The van der Waals surface area contributed by atoms with Gasteiger partial charge in [-0.1, -0.05) is 34.8 Å². The number of hydrogen-bond donors (Lipinski definition) is 2. The Hall–Kier alpha value is -1.51. The zero-order valence-corrected chi connectivity index (χ0v) is 14.2. The Balaban J connectivity index is 2.26. The molecular weight excluding hydrogens is 372 g/mol. The molecule has 0 aliphatic rings. The van der Waals surface area contributed by atoms with Crippen LogP contribution in [0.5, 0.6) is 5.75 Å². The summed E-state index contributed by atoms with van der Waals surface area (Å²) in [6.07, 6.45) is 0. The van der Waals surface area contributed by atoms with Crippen LogP contribution in [0.2, 0.25) is 0 Å². The van der Waals surface area contributed by atoms with E-state index in [1.165, 1.54) is 0 Å². The smallest absolute Gasteiger partial charge is 0.239 e. The number of hydrogen-bond acceptors (Lipinski definition) is 6. The number of halogens is 1. The molecule has 0 radical (unpaired) electrons. The summed E-state index contributed by atoms with van der Waals surface area (Å²) in [7, 11) is 1.63. The van der Waals surface area contributed by atoms with Crippen LogP contribution >= 0.6 is 40.1 Å². The zero-order valence-electron chi connectivity index (χ0n) is 10.9. The number of aromatic nitrogens is 3. The van der Waals surface area contributed by atoms with Crippen LogP contribution < -0.4 is 9.46 Å². The van der Waals surface area contributed by atoms with Crippen LogP contribution in [0.1, 0.15) is 0 Å². The first-order valence-electron chi connectivity index (χ1n) is 5.98. The Morgan fingerprint density at radius 3 is 2.86 bits per heavy atom. The monoisotopic (exact) mass is 382 g/mol. The number of thiol groups is 1. The van der Waals surface area contributed by atoms with Crippen LogP contribution in [0.15, 0.2) is 40.2 Å². The molecule has 8 heteroatoms. The van der Waals surface area contributed by atoms with Gasteiger partial charge in [-0.2, -0.15) is 0 Å². The molecule has 0 aliphatic heterocycles. The van der Waals surface area contributed by atoms with Crippen molar-refractivity contribution < 1.29 is 4.74 Å². The molecule has 0 atom stereocenters. The highest BCUT2D eigenvalue weighted by molar-refractivity contribution is 9.10. The number of benzene rings is 1. The van der Waals surface area contributed by atoms with Crippen LogP contribution in [-0.4, -0.2) is 21.9 Å². The van der Waals surface area contributed by atoms with E-state index < -0.39 is 0 Å². The molecule has 0 fully saturated rings. The highest BCUT2D eigenvalue weighted by Gasteiger charge is 2.18. The molecule has 3 rings (SSSR count). The number of ether oxygens (including phenoxy) is 1. The van der Waals surface area contributed by atoms with Crippen LogP contribution in [0.4, 0.5) is 5.95 Å². The summed E-state index contributed by atoms with van der Waals surface area (Å²) in [5, 5.41) is 10.4. The maximum atomic E-state index is 5.45. The van der Waals surface area contributed by atoms with Crippen molar-refractivity contribution in [2.24, 2.45) is 0 Å². The normalized spacial score (nSPS) is 10.6. The highest BCUT2D eigenvalue weighted by atomic mass is 79.9. The number of methoxy groups -OCH3 is 1. The van der Waals surface area contributed by atoms with Gasteiger partial charge in [0.1, 0.15) is 5.75 Å². The van der Waals surface area contributed by atoms with Gasteiger partial charge in [-0.15, -0.1) is 21.5 Å². The quantitative estimate of drug-likeness (QED) is 0.669. The average Bonchev–Trinajstić information content (AvgIpc) is 3.15. The van der Waals surface area contributed by atoms with Crippen molar-refractivity contribution in [3.05, 3.63) is 40.2 Å². The second kappa shape index (κ2) is 6.08. The molecule has 5 nitrogen and oxygen atoms in total. The number of nitrogens with one attached hydrogen (secondary N) is 1. The minimum Gasteiger partial charge on any atom is -0.495 e.